The third kappa shape index (κ3) is 50.3. The van der Waals surface area contributed by atoms with Crippen LogP contribution in [0.1, 0.15) is 12.8 Å². The van der Waals surface area contributed by atoms with E-state index >= 15 is 0 Å². The average molecular weight is 450 g/mol. The molecule has 0 amide bonds. The molecule has 26 heavy (non-hydrogen) atoms. The fourth-order valence-electron chi connectivity index (χ4n) is 0.684. The Kier molecular flexibility index (Phi) is 71.5. The number of phosphoric acid groups is 1. The first-order chi connectivity index (χ1) is 7.78. The zero-order valence-corrected chi connectivity index (χ0v) is 23.4. The smallest absolute Gasteiger partial charge is 0.756 e. The maximum absolute atomic E-state index is 10.1. The predicted molar refractivity (Wildman–Crippen MR) is 55.7 cm³/mol. The van der Waals surface area contributed by atoms with Crippen LogP contribution in [0.3, 0.4) is 0 Å². The van der Waals surface area contributed by atoms with E-state index in [1.54, 1.807) is 0 Å². The van der Waals surface area contributed by atoms with Crippen molar-refractivity contribution in [1.29, 1.82) is 0 Å². The third-order valence-corrected chi connectivity index (χ3v) is 1.25. The van der Waals surface area contributed by atoms with E-state index in [2.05, 4.69) is 0 Å². The second kappa shape index (κ2) is 29.5. The van der Waals surface area contributed by atoms with E-state index in [-0.39, 0.29) is 140 Å². The van der Waals surface area contributed by atoms with E-state index < -0.39 is 44.2 Å². The minimum absolute atomic E-state index is 0. The molecule has 0 saturated carbocycles. The summed E-state index contributed by atoms with van der Waals surface area (Å²) in [6.45, 7) is 0. The van der Waals surface area contributed by atoms with E-state index in [0.29, 0.717) is 0 Å². The molecule has 15 nitrogen and oxygen atoms in total. The molecule has 0 atom stereocenters. The fourth-order valence-corrected chi connectivity index (χ4v) is 0.684. The summed E-state index contributed by atoms with van der Waals surface area (Å²) in [5.74, 6) is -5.98. The summed E-state index contributed by atoms with van der Waals surface area (Å²) in [7, 11) is -4.89. The summed E-state index contributed by atoms with van der Waals surface area (Å²) in [5.41, 5.74) is -2.97. The third-order valence-electron chi connectivity index (χ3n) is 1.25. The summed E-state index contributed by atoms with van der Waals surface area (Å²) in [5, 5.41) is 38.9. The number of rotatable bonds is 5. The Hall–Kier alpha value is 2.32. The summed E-state index contributed by atoms with van der Waals surface area (Å²) in [4.78, 5) is 52.9. The van der Waals surface area contributed by atoms with E-state index in [9.17, 15) is 29.7 Å². The Balaban J connectivity index is -0.0000000223. The second-order valence-electron chi connectivity index (χ2n) is 2.91. The van der Waals surface area contributed by atoms with Crippen LogP contribution in [0.2, 0.25) is 0 Å². The van der Waals surface area contributed by atoms with Gasteiger partial charge in [-0.05, 0) is 0 Å². The van der Waals surface area contributed by atoms with Gasteiger partial charge in [-0.3, -0.25) is 4.57 Å². The summed E-state index contributed by atoms with van der Waals surface area (Å²) >= 11 is 0. The van der Waals surface area contributed by atoms with Crippen LogP contribution in [-0.4, -0.2) is 60.3 Å². The minimum Gasteiger partial charge on any atom is -0.756 e. The molecule has 138 valence electrons. The number of hydrogen-bond donors (Lipinski definition) is 3. The zero-order valence-electron chi connectivity index (χ0n) is 14.5. The van der Waals surface area contributed by atoms with Crippen molar-refractivity contribution in [1.82, 2.24) is 0 Å². The van der Waals surface area contributed by atoms with Crippen LogP contribution < -0.4 is 138 Å². The molecule has 0 aliphatic heterocycles. The van der Waals surface area contributed by atoms with Crippen LogP contribution in [0.25, 0.3) is 0 Å². The molecule has 0 spiro atoms. The first kappa shape index (κ1) is 63.0. The summed E-state index contributed by atoms with van der Waals surface area (Å²) in [6, 6.07) is 0. The molecule has 11 N–H and O–H groups in total. The van der Waals surface area contributed by atoms with Gasteiger partial charge in [0.25, 0.3) is 7.82 Å². The van der Waals surface area contributed by atoms with Crippen molar-refractivity contribution in [3.63, 3.8) is 0 Å². The summed E-state index contributed by atoms with van der Waals surface area (Å²) < 4.78 is 8.77. The average Bonchev–Trinajstić information content (AvgIpc) is 1.95. The van der Waals surface area contributed by atoms with Crippen LogP contribution in [0.15, 0.2) is 0 Å². The minimum atomic E-state index is -4.89. The number of hydrogen-bond acceptors (Lipinski definition) is 9. The second-order valence-corrected chi connectivity index (χ2v) is 3.89. The van der Waals surface area contributed by atoms with E-state index in [4.69, 9.17) is 24.4 Å². The molecular formula is C6H15Na4O15P. The quantitative estimate of drug-likeness (QED) is 0.260. The van der Waals surface area contributed by atoms with Gasteiger partial charge in [0.1, 0.15) is 5.60 Å². The van der Waals surface area contributed by atoms with E-state index in [0.717, 1.165) is 0 Å². The number of carbonyl (C=O) groups is 3. The molecular weight excluding hydrogens is 435 g/mol. The Morgan fingerprint density at radius 2 is 0.923 bits per heavy atom. The van der Waals surface area contributed by atoms with Crippen molar-refractivity contribution in [2.24, 2.45) is 0 Å². The normalized spacial score (nSPS) is 7.69. The SMILES string of the molecule is O.O.O.O.O=C([O-])CC(O)(CC(=O)[O-])C(=O)[O-].O=P([O-])(O)O.[Na+].[Na+].[Na+].[Na+]. The monoisotopic (exact) mass is 450 g/mol. The van der Waals surface area contributed by atoms with Gasteiger partial charge in [0, 0.05) is 24.8 Å². The molecule has 0 aromatic carbocycles. The van der Waals surface area contributed by atoms with Gasteiger partial charge >= 0.3 is 118 Å². The number of carboxylic acids is 3. The van der Waals surface area contributed by atoms with Crippen molar-refractivity contribution >= 4 is 25.7 Å². The molecule has 0 bridgehead atoms. The molecule has 20 heteroatoms. The van der Waals surface area contributed by atoms with Gasteiger partial charge in [0.15, 0.2) is 0 Å². The maximum atomic E-state index is 10.1. The van der Waals surface area contributed by atoms with E-state index in [1.807, 2.05) is 0 Å². The van der Waals surface area contributed by atoms with Crippen molar-refractivity contribution in [2.75, 3.05) is 0 Å². The topological polar surface area (TPSA) is 347 Å². The molecule has 0 aromatic heterocycles. The maximum Gasteiger partial charge on any atom is 1.00 e. The Morgan fingerprint density at radius 1 is 0.769 bits per heavy atom. The summed E-state index contributed by atoms with van der Waals surface area (Å²) in [6.07, 6.45) is -2.72. The van der Waals surface area contributed by atoms with Crippen molar-refractivity contribution in [3.05, 3.63) is 0 Å². The van der Waals surface area contributed by atoms with Crippen molar-refractivity contribution < 1.29 is 194 Å². The van der Waals surface area contributed by atoms with E-state index in [1.165, 1.54) is 0 Å². The number of carbonyl (C=O) groups excluding carboxylic acids is 3. The van der Waals surface area contributed by atoms with Gasteiger partial charge in [-0.2, -0.15) is 0 Å². The first-order valence-corrected chi connectivity index (χ1v) is 5.41. The first-order valence-electron chi connectivity index (χ1n) is 3.88. The molecule has 0 aliphatic carbocycles. The fraction of sp³-hybridized carbons (Fsp3) is 0.500. The van der Waals surface area contributed by atoms with Crippen LogP contribution in [0.4, 0.5) is 0 Å². The molecule has 0 unspecified atom stereocenters. The number of aliphatic hydroxyl groups is 1. The van der Waals surface area contributed by atoms with Gasteiger partial charge in [-0.15, -0.1) is 0 Å². The molecule has 0 aliphatic rings. The standard InChI is InChI=1S/C6H8O7.4Na.H3O4P.4H2O/c7-3(8)1-6(13,5(11)12)2-4(9)10;;;;;1-5(2,3)4;;;;/h13H,1-2H2,(H,7,8)(H,9,10)(H,11,12);;;;;(H3,1,2,3,4);4*1H2/q;4*+1;;;;;/p-4. The van der Waals surface area contributed by atoms with Crippen molar-refractivity contribution in [2.45, 2.75) is 18.4 Å². The largest absolute Gasteiger partial charge is 1.00 e. The van der Waals surface area contributed by atoms with Crippen molar-refractivity contribution in [3.8, 4) is 0 Å². The van der Waals surface area contributed by atoms with Crippen LogP contribution in [0, 0.1) is 0 Å². The number of aliphatic carboxylic acids is 3. The van der Waals surface area contributed by atoms with Crippen LogP contribution >= 0.6 is 7.82 Å². The molecule has 0 aromatic rings. The van der Waals surface area contributed by atoms with Gasteiger partial charge in [0.05, 0.1) is 5.97 Å². The Morgan fingerprint density at radius 3 is 1.00 bits per heavy atom. The van der Waals surface area contributed by atoms with Gasteiger partial charge in [-0.1, -0.05) is 0 Å². The molecule has 0 radical (unpaired) electrons. The van der Waals surface area contributed by atoms with Gasteiger partial charge in [0.2, 0.25) is 0 Å². The molecule has 0 fully saturated rings. The Bertz CT molecular complexity index is 362. The molecule has 0 saturated heterocycles. The molecule has 0 rings (SSSR count). The zero-order chi connectivity index (χ0) is 15.1. The number of carboxylic acid groups (broad SMARTS) is 3. The molecule has 0 heterocycles. The van der Waals surface area contributed by atoms with Crippen LogP contribution in [-0.2, 0) is 18.9 Å². The predicted octanol–water partition coefficient (Wildman–Crippen LogP) is -22.1. The van der Waals surface area contributed by atoms with Gasteiger partial charge < -0.3 is 71.4 Å². The van der Waals surface area contributed by atoms with Crippen LogP contribution in [0.5, 0.6) is 0 Å². The van der Waals surface area contributed by atoms with Gasteiger partial charge in [-0.25, -0.2) is 0 Å². The Labute approximate surface area is 235 Å².